The van der Waals surface area contributed by atoms with Gasteiger partial charge in [0.1, 0.15) is 19.3 Å². The second-order valence-corrected chi connectivity index (χ2v) is 25.1. The molecular formula is C60H116O17P2. The van der Waals surface area contributed by atoms with Gasteiger partial charge in [-0.05, 0) is 31.6 Å². The zero-order valence-corrected chi connectivity index (χ0v) is 52.3. The van der Waals surface area contributed by atoms with Crippen LogP contribution in [-0.4, -0.2) is 96.7 Å². The normalized spacial score (nSPS) is 14.3. The Morgan fingerprint density at radius 3 is 0.861 bits per heavy atom. The van der Waals surface area contributed by atoms with Gasteiger partial charge in [0.15, 0.2) is 12.2 Å². The maximum Gasteiger partial charge on any atom is 0.472 e. The summed E-state index contributed by atoms with van der Waals surface area (Å²) in [6.07, 6.45) is 36.2. The second kappa shape index (κ2) is 54.0. The van der Waals surface area contributed by atoms with Gasteiger partial charge in [-0.1, -0.05) is 247 Å². The summed E-state index contributed by atoms with van der Waals surface area (Å²) >= 11 is 0. The first-order chi connectivity index (χ1) is 38.0. The first-order valence-electron chi connectivity index (χ1n) is 31.6. The summed E-state index contributed by atoms with van der Waals surface area (Å²) in [6, 6.07) is 0. The molecule has 0 bridgehead atoms. The Bertz CT molecular complexity index is 1550. The molecule has 2 unspecified atom stereocenters. The first kappa shape index (κ1) is 77.1. The minimum Gasteiger partial charge on any atom is -0.462 e. The minimum absolute atomic E-state index is 0.105. The standard InChI is InChI=1S/C60H116O17P2/c1-6-9-12-15-18-21-24-29-34-39-44-58(63)71-50-56(77-60(65)46-41-36-31-26-25-27-32-37-42-53(4)5)52-75-79(68,69)73-48-54(61)47-72-78(66,67)74-51-55(76-59(64)45-40-35-30-23-20-17-14-11-8-3)49-70-57(62)43-38-33-28-22-19-16-13-10-7-2/h53-56,61H,6-52H2,1-5H3,(H,66,67)(H,68,69)/t54-,55+,56+/m0/s1. The average Bonchev–Trinajstić information content (AvgIpc) is 3.41. The van der Waals surface area contributed by atoms with Crippen molar-refractivity contribution < 1.29 is 80.2 Å². The first-order valence-corrected chi connectivity index (χ1v) is 34.6. The van der Waals surface area contributed by atoms with Crippen molar-refractivity contribution in [3.8, 4) is 0 Å². The Morgan fingerprint density at radius 1 is 0.342 bits per heavy atom. The van der Waals surface area contributed by atoms with Gasteiger partial charge in [0.25, 0.3) is 0 Å². The number of carbonyl (C=O) groups excluding carboxylic acids is 4. The van der Waals surface area contributed by atoms with Crippen molar-refractivity contribution in [3.63, 3.8) is 0 Å². The van der Waals surface area contributed by atoms with E-state index in [-0.39, 0.29) is 25.7 Å². The summed E-state index contributed by atoms with van der Waals surface area (Å²) in [4.78, 5) is 71.9. The third-order valence-corrected chi connectivity index (χ3v) is 15.7. The molecule has 0 spiro atoms. The molecule has 5 atom stereocenters. The summed E-state index contributed by atoms with van der Waals surface area (Å²) in [5, 5.41) is 10.5. The lowest BCUT2D eigenvalue weighted by atomic mass is 10.0. The van der Waals surface area contributed by atoms with Crippen molar-refractivity contribution in [1.29, 1.82) is 0 Å². The predicted octanol–water partition coefficient (Wildman–Crippen LogP) is 16.2. The molecule has 468 valence electrons. The molecule has 79 heavy (non-hydrogen) atoms. The molecule has 0 aromatic heterocycles. The zero-order chi connectivity index (χ0) is 58.5. The highest BCUT2D eigenvalue weighted by atomic mass is 31.2. The summed E-state index contributed by atoms with van der Waals surface area (Å²) in [5.74, 6) is -1.42. The number of hydrogen-bond acceptors (Lipinski definition) is 15. The van der Waals surface area contributed by atoms with Crippen LogP contribution in [0.25, 0.3) is 0 Å². The summed E-state index contributed by atoms with van der Waals surface area (Å²) in [7, 11) is -9.87. The van der Waals surface area contributed by atoms with Crippen molar-refractivity contribution >= 4 is 39.5 Å². The number of hydrogen-bond donors (Lipinski definition) is 3. The van der Waals surface area contributed by atoms with Gasteiger partial charge in [-0.15, -0.1) is 0 Å². The molecule has 0 aromatic carbocycles. The molecule has 0 aliphatic rings. The summed E-state index contributed by atoms with van der Waals surface area (Å²) in [6.45, 7) is 7.08. The lowest BCUT2D eigenvalue weighted by Crippen LogP contribution is -2.30. The van der Waals surface area contributed by atoms with E-state index in [0.29, 0.717) is 25.7 Å². The predicted molar refractivity (Wildman–Crippen MR) is 312 cm³/mol. The maximum atomic E-state index is 12.9. The van der Waals surface area contributed by atoms with Crippen LogP contribution in [0.1, 0.15) is 298 Å². The van der Waals surface area contributed by atoms with Crippen molar-refractivity contribution in [2.45, 2.75) is 316 Å². The molecule has 0 rings (SSSR count). The van der Waals surface area contributed by atoms with Gasteiger partial charge in [0.2, 0.25) is 0 Å². The molecule has 19 heteroatoms. The lowest BCUT2D eigenvalue weighted by molar-refractivity contribution is -0.161. The highest BCUT2D eigenvalue weighted by Gasteiger charge is 2.30. The summed E-state index contributed by atoms with van der Waals surface area (Å²) in [5.41, 5.74) is 0. The number of unbranched alkanes of at least 4 members (excludes halogenated alkanes) is 32. The van der Waals surface area contributed by atoms with Crippen LogP contribution in [0.5, 0.6) is 0 Å². The van der Waals surface area contributed by atoms with E-state index in [1.165, 1.54) is 122 Å². The molecule has 0 heterocycles. The fourth-order valence-corrected chi connectivity index (χ4v) is 10.5. The molecule has 0 amide bonds. The van der Waals surface area contributed by atoms with E-state index in [1.54, 1.807) is 0 Å². The summed E-state index contributed by atoms with van der Waals surface area (Å²) < 4.78 is 67.7. The molecule has 0 aliphatic heterocycles. The lowest BCUT2D eigenvalue weighted by Gasteiger charge is -2.21. The largest absolute Gasteiger partial charge is 0.472 e. The van der Waals surface area contributed by atoms with Crippen LogP contribution >= 0.6 is 15.6 Å². The Balaban J connectivity index is 5.22. The van der Waals surface area contributed by atoms with Gasteiger partial charge in [-0.25, -0.2) is 9.13 Å². The smallest absolute Gasteiger partial charge is 0.462 e. The third kappa shape index (κ3) is 55.0. The van der Waals surface area contributed by atoms with Crippen LogP contribution < -0.4 is 0 Å². The van der Waals surface area contributed by atoms with E-state index in [1.807, 2.05) is 0 Å². The molecule has 0 saturated carbocycles. The number of phosphoric ester groups is 2. The third-order valence-electron chi connectivity index (χ3n) is 13.8. The minimum atomic E-state index is -4.94. The zero-order valence-electron chi connectivity index (χ0n) is 50.5. The fraction of sp³-hybridized carbons (Fsp3) is 0.933. The number of carbonyl (C=O) groups is 4. The van der Waals surface area contributed by atoms with Crippen molar-refractivity contribution in [1.82, 2.24) is 0 Å². The number of aliphatic hydroxyl groups is 1. The second-order valence-electron chi connectivity index (χ2n) is 22.2. The van der Waals surface area contributed by atoms with Crippen molar-refractivity contribution in [2.24, 2.45) is 5.92 Å². The van der Waals surface area contributed by atoms with Gasteiger partial charge >= 0.3 is 39.5 Å². The molecule has 0 fully saturated rings. The van der Waals surface area contributed by atoms with Gasteiger partial charge in [0, 0.05) is 25.7 Å². The fourth-order valence-electron chi connectivity index (χ4n) is 8.88. The molecular weight excluding hydrogens is 1050 g/mol. The van der Waals surface area contributed by atoms with E-state index in [9.17, 15) is 43.2 Å². The van der Waals surface area contributed by atoms with Gasteiger partial charge in [-0.2, -0.15) is 0 Å². The SMILES string of the molecule is CCCCCCCCCCCCC(=O)OC[C@H](COP(=O)(O)OC[C@@H](O)COP(=O)(O)OC[C@@H](COC(=O)CCCCCCCCCCC)OC(=O)CCCCCCCCCCC)OC(=O)CCCCCCCCCCC(C)C. The van der Waals surface area contributed by atoms with Crippen molar-refractivity contribution in [3.05, 3.63) is 0 Å². The average molecular weight is 1170 g/mol. The molecule has 0 radical (unpaired) electrons. The van der Waals surface area contributed by atoms with E-state index in [4.69, 9.17) is 37.0 Å². The molecule has 0 aliphatic carbocycles. The van der Waals surface area contributed by atoms with E-state index in [0.717, 1.165) is 95.8 Å². The molecule has 17 nitrogen and oxygen atoms in total. The van der Waals surface area contributed by atoms with Crippen molar-refractivity contribution in [2.75, 3.05) is 39.6 Å². The number of ether oxygens (including phenoxy) is 4. The molecule has 0 aromatic rings. The Hall–Kier alpha value is -1.94. The monoisotopic (exact) mass is 1170 g/mol. The number of phosphoric acid groups is 2. The highest BCUT2D eigenvalue weighted by molar-refractivity contribution is 7.47. The van der Waals surface area contributed by atoms with Gasteiger partial charge in [0.05, 0.1) is 26.4 Å². The van der Waals surface area contributed by atoms with E-state index < -0.39 is 97.5 Å². The van der Waals surface area contributed by atoms with E-state index in [2.05, 4.69) is 34.6 Å². The molecule has 3 N–H and O–H groups in total. The Labute approximate surface area is 479 Å². The van der Waals surface area contributed by atoms with Gasteiger partial charge in [-0.3, -0.25) is 37.3 Å². The Kier molecular flexibility index (Phi) is 52.7. The van der Waals surface area contributed by atoms with Crippen LogP contribution in [0.4, 0.5) is 0 Å². The topological polar surface area (TPSA) is 237 Å². The maximum absolute atomic E-state index is 12.9. The number of rotatable bonds is 60. The van der Waals surface area contributed by atoms with E-state index >= 15 is 0 Å². The quantitative estimate of drug-likeness (QED) is 0.0222. The van der Waals surface area contributed by atoms with Crippen LogP contribution in [0.2, 0.25) is 0 Å². The number of aliphatic hydroxyl groups excluding tert-OH is 1. The van der Waals surface area contributed by atoms with Crippen LogP contribution in [-0.2, 0) is 65.4 Å². The van der Waals surface area contributed by atoms with Crippen LogP contribution in [0.3, 0.4) is 0 Å². The van der Waals surface area contributed by atoms with Gasteiger partial charge < -0.3 is 33.8 Å². The van der Waals surface area contributed by atoms with Crippen LogP contribution in [0, 0.1) is 5.92 Å². The number of esters is 4. The van der Waals surface area contributed by atoms with Crippen LogP contribution in [0.15, 0.2) is 0 Å². The Morgan fingerprint density at radius 2 is 0.582 bits per heavy atom. The highest BCUT2D eigenvalue weighted by Crippen LogP contribution is 2.45. The molecule has 0 saturated heterocycles.